The highest BCUT2D eigenvalue weighted by Gasteiger charge is 2.42. The number of hydrogen-bond donors (Lipinski definition) is 18. The SMILES string of the molecule is N=C(N)NCCC[C@@H]1NC(=O)[C@H](CCCCNC(=O)CCC(=O)NCCOCCOCCNC(=O)CCC(=O)N[C@@H](CCCCNC(=O)CCCC[C@@H]2SC[C@@H]3NC(=O)NC32)C(N)=O)NC(=O)[C@@H](Cc2ccc(O)cc2)NC(=O)[C@H](CC(=O)O)NC(=O)CNC1=O. The van der Waals surface area contributed by atoms with Crippen LogP contribution in [0.5, 0.6) is 5.75 Å². The number of aliphatic carboxylic acids is 1. The van der Waals surface area contributed by atoms with Gasteiger partial charge in [-0.05, 0) is 81.9 Å². The first-order valence-corrected chi connectivity index (χ1v) is 31.7. The van der Waals surface area contributed by atoms with Crippen LogP contribution in [0.2, 0.25) is 0 Å². The highest BCUT2D eigenvalue weighted by atomic mass is 32.2. The first-order valence-electron chi connectivity index (χ1n) is 30.6. The number of guanidine groups is 1. The topological polar surface area (TPSA) is 513 Å². The fraction of sp³-hybridized carbons (Fsp3) is 0.649. The van der Waals surface area contributed by atoms with Crippen LogP contribution >= 0.6 is 11.8 Å². The lowest BCUT2D eigenvalue weighted by Crippen LogP contribution is -2.58. The average molecular weight is 1300 g/mol. The molecule has 0 aliphatic carbocycles. The van der Waals surface area contributed by atoms with Crippen LogP contribution in [0.1, 0.15) is 115 Å². The lowest BCUT2D eigenvalue weighted by atomic mass is 10.0. The predicted octanol–water partition coefficient (Wildman–Crippen LogP) is -4.16. The van der Waals surface area contributed by atoms with Crippen LogP contribution in [-0.2, 0) is 73.4 Å². The zero-order chi connectivity index (χ0) is 66.5. The Hall–Kier alpha value is -8.53. The van der Waals surface area contributed by atoms with E-state index in [0.29, 0.717) is 36.6 Å². The van der Waals surface area contributed by atoms with Gasteiger partial charge in [0.1, 0.15) is 36.0 Å². The van der Waals surface area contributed by atoms with Crippen molar-refractivity contribution in [3.63, 3.8) is 0 Å². The number of carboxylic acid groups (broad SMARTS) is 1. The summed E-state index contributed by atoms with van der Waals surface area (Å²) in [4.78, 5) is 165. The number of nitrogens with one attached hydrogen (secondary N) is 14. The number of carbonyl (C=O) groups is 13. The molecule has 0 spiro atoms. The van der Waals surface area contributed by atoms with E-state index in [1.54, 1.807) is 0 Å². The van der Waals surface area contributed by atoms with Crippen molar-refractivity contribution in [2.24, 2.45) is 11.5 Å². The number of aromatic hydroxyl groups is 1. The molecule has 3 aliphatic heterocycles. The molecule has 0 radical (unpaired) electrons. The van der Waals surface area contributed by atoms with E-state index < -0.39 is 108 Å². The standard InChI is InChI=1S/C57H90N16O17S/c58-51(83)36(8-3-5-21-61-43(75)12-2-1-11-42-50-41(33-91-42)72-57(88)73-50)67-47(79)20-19-46(78)64-25-27-90-29-28-89-26-24-63-45(77)18-17-44(76)62-22-6-4-9-38-53(85)69-37(10-7-23-65-56(59)60)52(84)66-32-48(80)68-40(31-49(81)82)55(87)71-39(54(86)70-38)30-34-13-15-35(74)16-14-34/h13-16,36-42,50,74H,1-12,17-33H2,(H2,58,83)(H,61,75)(H,62,76)(H,63,77)(H,64,78)(H,66,84)(H,67,79)(H,68,80)(H,69,85)(H,70,86)(H,71,87)(H,81,82)(H4,59,60,65)(H2,72,73,88)/t36-,37-,38-,39+,40-,41-,42-,50?/m0/s1. The third kappa shape index (κ3) is 31.2. The summed E-state index contributed by atoms with van der Waals surface area (Å²) in [6, 6.07) is -0.831. The number of phenols is 1. The van der Waals surface area contributed by atoms with E-state index in [1.807, 2.05) is 11.8 Å². The van der Waals surface area contributed by atoms with Gasteiger partial charge in [0.2, 0.25) is 65.0 Å². The number of urea groups is 1. The van der Waals surface area contributed by atoms with Crippen LogP contribution in [-0.4, -0.2) is 212 Å². The molecule has 3 fully saturated rings. The number of carbonyl (C=O) groups excluding carboxylic acids is 12. The molecule has 13 amide bonds. The number of unbranched alkanes of at least 4 members (excludes halogenated alkanes) is 3. The molecule has 0 saturated carbocycles. The first kappa shape index (κ1) is 74.9. The van der Waals surface area contributed by atoms with E-state index in [4.69, 9.17) is 26.4 Å². The molecule has 3 saturated heterocycles. The number of fused-ring (bicyclic) bond motifs is 1. The largest absolute Gasteiger partial charge is 0.508 e. The molecule has 506 valence electrons. The van der Waals surface area contributed by atoms with Crippen molar-refractivity contribution in [1.29, 1.82) is 5.41 Å². The Morgan fingerprint density at radius 1 is 0.571 bits per heavy atom. The quantitative estimate of drug-likeness (QED) is 0.0128. The van der Waals surface area contributed by atoms with Gasteiger partial charge in [0.15, 0.2) is 5.96 Å². The zero-order valence-electron chi connectivity index (χ0n) is 51.0. The molecule has 91 heavy (non-hydrogen) atoms. The summed E-state index contributed by atoms with van der Waals surface area (Å²) in [5.41, 5.74) is 11.3. The maximum absolute atomic E-state index is 14.0. The third-order valence-corrected chi connectivity index (χ3v) is 16.1. The third-order valence-electron chi connectivity index (χ3n) is 14.6. The summed E-state index contributed by atoms with van der Waals surface area (Å²) in [5, 5.41) is 61.4. The monoisotopic (exact) mass is 1300 g/mol. The Balaban J connectivity index is 1.07. The number of hydrogen-bond acceptors (Lipinski definition) is 18. The van der Waals surface area contributed by atoms with Gasteiger partial charge in [0, 0.05) is 82.3 Å². The molecule has 1 aromatic carbocycles. The van der Waals surface area contributed by atoms with E-state index >= 15 is 0 Å². The lowest BCUT2D eigenvalue weighted by molar-refractivity contribution is -0.141. The van der Waals surface area contributed by atoms with Crippen molar-refractivity contribution in [1.82, 2.24) is 69.1 Å². The summed E-state index contributed by atoms with van der Waals surface area (Å²) < 4.78 is 10.9. The Morgan fingerprint density at radius 2 is 1.10 bits per heavy atom. The van der Waals surface area contributed by atoms with Gasteiger partial charge in [-0.3, -0.25) is 62.9 Å². The minimum absolute atomic E-state index is 0.0222. The molecule has 8 atom stereocenters. The first-order chi connectivity index (χ1) is 43.6. The number of ether oxygens (including phenoxy) is 2. The van der Waals surface area contributed by atoms with Gasteiger partial charge in [-0.1, -0.05) is 18.6 Å². The minimum atomic E-state index is -1.69. The van der Waals surface area contributed by atoms with Gasteiger partial charge in [-0.25, -0.2) is 4.79 Å². The second-order valence-corrected chi connectivity index (χ2v) is 23.3. The molecular weight excluding hydrogens is 1210 g/mol. The maximum atomic E-state index is 14.0. The number of benzene rings is 1. The highest BCUT2D eigenvalue weighted by Crippen LogP contribution is 2.33. The normalized spacial score (nSPS) is 20.4. The number of thioether (sulfide) groups is 1. The molecule has 3 heterocycles. The number of amides is 13. The summed E-state index contributed by atoms with van der Waals surface area (Å²) in [5.74, 6) is -8.01. The molecule has 20 N–H and O–H groups in total. The zero-order valence-corrected chi connectivity index (χ0v) is 51.8. The fourth-order valence-corrected chi connectivity index (χ4v) is 11.3. The van der Waals surface area contributed by atoms with E-state index in [9.17, 15) is 72.5 Å². The number of carboxylic acids is 1. The van der Waals surface area contributed by atoms with Crippen LogP contribution < -0.4 is 80.6 Å². The molecule has 1 aromatic rings. The van der Waals surface area contributed by atoms with Gasteiger partial charge < -0.3 is 100 Å². The predicted molar refractivity (Wildman–Crippen MR) is 329 cm³/mol. The number of rotatable bonds is 40. The summed E-state index contributed by atoms with van der Waals surface area (Å²) in [6.45, 7) is 0.924. The van der Waals surface area contributed by atoms with Crippen LogP contribution in [0.3, 0.4) is 0 Å². The molecule has 3 aliphatic rings. The molecule has 33 nitrogen and oxygen atoms in total. The van der Waals surface area contributed by atoms with Gasteiger partial charge in [-0.2, -0.15) is 11.8 Å². The second-order valence-electron chi connectivity index (χ2n) is 22.0. The second kappa shape index (κ2) is 41.7. The van der Waals surface area contributed by atoms with E-state index in [0.717, 1.165) is 25.0 Å². The van der Waals surface area contributed by atoms with Gasteiger partial charge >= 0.3 is 12.0 Å². The van der Waals surface area contributed by atoms with Crippen molar-refractivity contribution in [2.45, 2.75) is 163 Å². The number of phenolic OH excluding ortho intramolecular Hbond substituents is 1. The van der Waals surface area contributed by atoms with Crippen LogP contribution in [0, 0.1) is 5.41 Å². The Kier molecular flexibility index (Phi) is 34.3. The fourth-order valence-electron chi connectivity index (χ4n) is 9.76. The van der Waals surface area contributed by atoms with Crippen LogP contribution in [0.4, 0.5) is 4.79 Å². The molecule has 0 aromatic heterocycles. The Morgan fingerprint density at radius 3 is 1.71 bits per heavy atom. The number of primary amides is 1. The van der Waals surface area contributed by atoms with Gasteiger partial charge in [0.05, 0.1) is 51.5 Å². The van der Waals surface area contributed by atoms with Crippen molar-refractivity contribution >= 4 is 94.7 Å². The smallest absolute Gasteiger partial charge is 0.315 e. The molecule has 4 rings (SSSR count). The van der Waals surface area contributed by atoms with E-state index in [2.05, 4.69) is 69.1 Å². The average Bonchev–Trinajstić information content (AvgIpc) is 1.73. The summed E-state index contributed by atoms with van der Waals surface area (Å²) >= 11 is 1.84. The highest BCUT2D eigenvalue weighted by molar-refractivity contribution is 8.00. The van der Waals surface area contributed by atoms with Crippen molar-refractivity contribution in [3.05, 3.63) is 29.8 Å². The molecular formula is C57H90N16O17S. The van der Waals surface area contributed by atoms with Gasteiger partial charge in [-0.15, -0.1) is 0 Å². The minimum Gasteiger partial charge on any atom is -0.508 e. The Bertz CT molecular complexity index is 2640. The van der Waals surface area contributed by atoms with Gasteiger partial charge in [0.25, 0.3) is 0 Å². The van der Waals surface area contributed by atoms with Crippen molar-refractivity contribution < 1.29 is 82.0 Å². The lowest BCUT2D eigenvalue weighted by Gasteiger charge is -2.26. The van der Waals surface area contributed by atoms with E-state index in [1.165, 1.54) is 24.3 Å². The molecule has 34 heteroatoms. The van der Waals surface area contributed by atoms with Crippen LogP contribution in [0.15, 0.2) is 24.3 Å². The summed E-state index contributed by atoms with van der Waals surface area (Å²) in [6.07, 6.45) is 3.27. The van der Waals surface area contributed by atoms with Crippen LogP contribution in [0.25, 0.3) is 0 Å². The summed E-state index contributed by atoms with van der Waals surface area (Å²) in [7, 11) is 0. The van der Waals surface area contributed by atoms with E-state index in [-0.39, 0.29) is 159 Å². The molecule has 1 unspecified atom stereocenters. The molecule has 0 bridgehead atoms. The Labute approximate surface area is 531 Å². The van der Waals surface area contributed by atoms with Crippen molar-refractivity contribution in [3.8, 4) is 5.75 Å². The number of nitrogens with two attached hydrogens (primary N) is 2. The van der Waals surface area contributed by atoms with Crippen molar-refractivity contribution in [2.75, 3.05) is 71.4 Å². The maximum Gasteiger partial charge on any atom is 0.315 e.